The number of aryl methyl sites for hydroxylation is 1. The molecule has 32 heavy (non-hydrogen) atoms. The molecule has 172 valence electrons. The largest absolute Gasteiger partial charge is 0.437 e. The smallest absolute Gasteiger partial charge is 0.243 e. The van der Waals surface area contributed by atoms with E-state index in [0.29, 0.717) is 11.6 Å². The van der Waals surface area contributed by atoms with Crippen molar-refractivity contribution >= 4 is 15.9 Å². The van der Waals surface area contributed by atoms with Crippen molar-refractivity contribution in [2.45, 2.75) is 45.6 Å². The average molecular weight is 459 g/mol. The van der Waals surface area contributed by atoms with Crippen LogP contribution in [0.2, 0.25) is 0 Å². The predicted octanol–water partition coefficient (Wildman–Crippen LogP) is 3.30. The maximum Gasteiger partial charge on any atom is 0.243 e. The molecule has 3 rings (SSSR count). The van der Waals surface area contributed by atoms with Crippen LogP contribution in [0.5, 0.6) is 11.6 Å². The number of nitrogens with one attached hydrogen (secondary N) is 1. The van der Waals surface area contributed by atoms with Gasteiger partial charge in [-0.25, -0.2) is 13.4 Å². The third-order valence-corrected chi connectivity index (χ3v) is 7.43. The molecule has 0 atom stereocenters. The Morgan fingerprint density at radius 2 is 1.75 bits per heavy atom. The topological polar surface area (TPSA) is 101 Å². The minimum atomic E-state index is -3.74. The summed E-state index contributed by atoms with van der Waals surface area (Å²) < 4.78 is 34.0. The number of piperidine rings is 1. The second-order valence-corrected chi connectivity index (χ2v) is 11.4. The van der Waals surface area contributed by atoms with Crippen LogP contribution < -0.4 is 10.1 Å². The summed E-state index contributed by atoms with van der Waals surface area (Å²) in [4.78, 5) is 20.4. The molecule has 1 amide bonds. The van der Waals surface area contributed by atoms with Gasteiger partial charge in [0.1, 0.15) is 5.75 Å². The maximum absolute atomic E-state index is 13.4. The van der Waals surface area contributed by atoms with E-state index in [1.807, 2.05) is 34.6 Å². The van der Waals surface area contributed by atoms with Gasteiger partial charge in [-0.15, -0.1) is 0 Å². The van der Waals surface area contributed by atoms with Crippen molar-refractivity contribution in [3.05, 3.63) is 55.0 Å². The van der Waals surface area contributed by atoms with Gasteiger partial charge in [0, 0.05) is 25.3 Å². The zero-order valence-electron chi connectivity index (χ0n) is 19.1. The lowest BCUT2D eigenvalue weighted by atomic mass is 9.67. The van der Waals surface area contributed by atoms with Crippen molar-refractivity contribution in [3.63, 3.8) is 0 Å². The predicted molar refractivity (Wildman–Crippen MR) is 122 cm³/mol. The van der Waals surface area contributed by atoms with E-state index in [2.05, 4.69) is 21.9 Å². The molecule has 0 unspecified atom stereocenters. The highest BCUT2D eigenvalue weighted by Crippen LogP contribution is 2.42. The molecule has 0 aliphatic carbocycles. The lowest BCUT2D eigenvalue weighted by Crippen LogP contribution is -2.64. The number of sulfonamides is 1. The summed E-state index contributed by atoms with van der Waals surface area (Å²) in [6.07, 6.45) is 4.36. The van der Waals surface area contributed by atoms with Crippen molar-refractivity contribution in [1.82, 2.24) is 19.6 Å². The maximum atomic E-state index is 13.4. The molecule has 1 aliphatic rings. The molecule has 9 heteroatoms. The van der Waals surface area contributed by atoms with Crippen molar-refractivity contribution < 1.29 is 17.9 Å². The second-order valence-electron chi connectivity index (χ2n) is 9.47. The molecule has 8 nitrogen and oxygen atoms in total. The van der Waals surface area contributed by atoms with Gasteiger partial charge in [-0.3, -0.25) is 9.78 Å². The van der Waals surface area contributed by atoms with E-state index < -0.39 is 20.9 Å². The lowest BCUT2D eigenvalue weighted by molar-refractivity contribution is -0.120. The Kier molecular flexibility index (Phi) is 6.44. The van der Waals surface area contributed by atoms with E-state index in [0.717, 1.165) is 5.69 Å². The van der Waals surface area contributed by atoms with Gasteiger partial charge >= 0.3 is 0 Å². The van der Waals surface area contributed by atoms with Crippen LogP contribution in [0, 0.1) is 17.8 Å². The molecule has 1 aromatic heterocycles. The van der Waals surface area contributed by atoms with Gasteiger partial charge in [0.25, 0.3) is 0 Å². The van der Waals surface area contributed by atoms with Crippen LogP contribution in [0.3, 0.4) is 0 Å². The number of carbonyl (C=O) groups excluding carboxylic acids is 1. The first kappa shape index (κ1) is 23.9. The van der Waals surface area contributed by atoms with Crippen LogP contribution in [0.25, 0.3) is 0 Å². The van der Waals surface area contributed by atoms with E-state index in [9.17, 15) is 13.2 Å². The molecule has 1 N–H and O–H groups in total. The van der Waals surface area contributed by atoms with Gasteiger partial charge < -0.3 is 10.1 Å². The van der Waals surface area contributed by atoms with Gasteiger partial charge in [0.15, 0.2) is 0 Å². The number of aromatic nitrogens is 2. The van der Waals surface area contributed by atoms with Gasteiger partial charge in [-0.1, -0.05) is 34.3 Å². The summed E-state index contributed by atoms with van der Waals surface area (Å²) in [5.74, 6) is 0.546. The first-order chi connectivity index (χ1) is 14.8. The molecule has 0 bridgehead atoms. The lowest BCUT2D eigenvalue weighted by Gasteiger charge is -2.52. The molecule has 1 aromatic carbocycles. The van der Waals surface area contributed by atoms with Crippen LogP contribution in [0.4, 0.5) is 0 Å². The van der Waals surface area contributed by atoms with Gasteiger partial charge in [-0.2, -0.15) is 4.31 Å². The molecule has 0 radical (unpaired) electrons. The second kappa shape index (κ2) is 8.63. The molecule has 0 saturated carbocycles. The Morgan fingerprint density at radius 1 is 1.16 bits per heavy atom. The van der Waals surface area contributed by atoms with Crippen LogP contribution in [-0.2, 0) is 14.8 Å². The first-order valence-corrected chi connectivity index (χ1v) is 11.8. The molecule has 0 spiro atoms. The van der Waals surface area contributed by atoms with Crippen LogP contribution in [0.15, 0.2) is 54.2 Å². The molecule has 1 fully saturated rings. The number of hydrogen-bond donors (Lipinski definition) is 1. The number of hydrogen-bond acceptors (Lipinski definition) is 6. The Hall–Kier alpha value is -2.78. The van der Waals surface area contributed by atoms with E-state index >= 15 is 0 Å². The normalized spacial score (nSPS) is 18.7. The Bertz CT molecular complexity index is 1090. The number of amides is 1. The molecular formula is C23H30N4O4S. The quantitative estimate of drug-likeness (QED) is 0.667. The summed E-state index contributed by atoms with van der Waals surface area (Å²) in [7, 11) is -3.74. The molecule has 2 aromatic rings. The van der Waals surface area contributed by atoms with Gasteiger partial charge in [0.2, 0.25) is 21.8 Å². The summed E-state index contributed by atoms with van der Waals surface area (Å²) >= 11 is 0. The van der Waals surface area contributed by atoms with Crippen LogP contribution >= 0.6 is 0 Å². The SMILES string of the molecule is C=CC(=O)NC1C(C)(C)CN(S(=O)(=O)c2ccc(Oc3cncc(C)n3)cc2)CC1(C)C. The number of benzene rings is 1. The van der Waals surface area contributed by atoms with Gasteiger partial charge in [-0.05, 0) is 48.1 Å². The minimum Gasteiger partial charge on any atom is -0.437 e. The zero-order chi connectivity index (χ0) is 23.7. The molecular weight excluding hydrogens is 428 g/mol. The fourth-order valence-corrected chi connectivity index (χ4v) is 6.19. The number of rotatable bonds is 6. The molecule has 1 aliphatic heterocycles. The summed E-state index contributed by atoms with van der Waals surface area (Å²) in [5, 5.41) is 2.99. The highest BCUT2D eigenvalue weighted by atomic mass is 32.2. The fraction of sp³-hybridized carbons (Fsp3) is 0.435. The highest BCUT2D eigenvalue weighted by molar-refractivity contribution is 7.89. The first-order valence-electron chi connectivity index (χ1n) is 10.3. The average Bonchev–Trinajstić information content (AvgIpc) is 2.70. The van der Waals surface area contributed by atoms with Gasteiger partial charge in [0.05, 0.1) is 16.8 Å². The Labute approximate surface area is 189 Å². The number of ether oxygens (including phenoxy) is 1. The van der Waals surface area contributed by atoms with Crippen LogP contribution in [-0.4, -0.2) is 47.7 Å². The minimum absolute atomic E-state index is 0.181. The fourth-order valence-electron chi connectivity index (χ4n) is 4.41. The summed E-state index contributed by atoms with van der Waals surface area (Å²) in [5.41, 5.74) is -0.250. The monoisotopic (exact) mass is 458 g/mol. The third-order valence-electron chi connectivity index (χ3n) is 5.62. The number of nitrogens with zero attached hydrogens (tertiary/aromatic N) is 3. The van der Waals surface area contributed by atoms with Crippen LogP contribution in [0.1, 0.15) is 33.4 Å². The van der Waals surface area contributed by atoms with E-state index in [4.69, 9.17) is 4.74 Å². The van der Waals surface area contributed by atoms with Crippen molar-refractivity contribution in [2.75, 3.05) is 13.1 Å². The number of carbonyl (C=O) groups is 1. The van der Waals surface area contributed by atoms with Crippen molar-refractivity contribution in [2.24, 2.45) is 10.8 Å². The van der Waals surface area contributed by atoms with E-state index in [-0.39, 0.29) is 29.9 Å². The Morgan fingerprint density at radius 3 is 2.28 bits per heavy atom. The third kappa shape index (κ3) is 4.99. The molecule has 2 heterocycles. The Balaban J connectivity index is 1.81. The summed E-state index contributed by atoms with van der Waals surface area (Å²) in [6, 6.07) is 6.05. The zero-order valence-corrected chi connectivity index (χ0v) is 19.9. The summed E-state index contributed by atoms with van der Waals surface area (Å²) in [6.45, 7) is 13.7. The standard InChI is InChI=1S/C23H30N4O4S/c1-7-19(28)26-21-22(3,4)14-27(15-23(21,5)6)32(29,30)18-10-8-17(9-11-18)31-20-13-24-12-16(2)25-20/h7-13,21H,1,14-15H2,2-6H3,(H,26,28). The molecule has 1 saturated heterocycles. The van der Waals surface area contributed by atoms with E-state index in [1.54, 1.807) is 18.3 Å². The van der Waals surface area contributed by atoms with Crippen molar-refractivity contribution in [3.8, 4) is 11.6 Å². The van der Waals surface area contributed by atoms with E-state index in [1.165, 1.54) is 28.7 Å². The van der Waals surface area contributed by atoms with Crippen molar-refractivity contribution in [1.29, 1.82) is 0 Å². The highest BCUT2D eigenvalue weighted by Gasteiger charge is 2.50.